The second kappa shape index (κ2) is 6.64. The Balaban J connectivity index is 1.45. The van der Waals surface area contributed by atoms with Gasteiger partial charge in [-0.1, -0.05) is 18.2 Å². The van der Waals surface area contributed by atoms with Crippen LogP contribution in [-0.4, -0.2) is 56.0 Å². The van der Waals surface area contributed by atoms with Crippen LogP contribution in [0.2, 0.25) is 0 Å². The molecule has 1 amide bonds. The van der Waals surface area contributed by atoms with Crippen molar-refractivity contribution < 1.29 is 19.1 Å². The molecule has 8 heteroatoms. The molecule has 0 aliphatic carbocycles. The molecular formula is C18H18N4O4. The van der Waals surface area contributed by atoms with Crippen molar-refractivity contribution in [3.05, 3.63) is 54.7 Å². The van der Waals surface area contributed by atoms with Gasteiger partial charge in [0.05, 0.1) is 25.5 Å². The van der Waals surface area contributed by atoms with E-state index in [2.05, 4.69) is 10.1 Å². The fourth-order valence-corrected chi connectivity index (χ4v) is 2.92. The van der Waals surface area contributed by atoms with Crippen molar-refractivity contribution >= 4 is 5.91 Å². The Hall–Kier alpha value is -3.13. The van der Waals surface area contributed by atoms with Gasteiger partial charge >= 0.3 is 0 Å². The van der Waals surface area contributed by atoms with Gasteiger partial charge in [0.1, 0.15) is 18.5 Å². The van der Waals surface area contributed by atoms with Gasteiger partial charge in [0.2, 0.25) is 5.89 Å². The topological polar surface area (TPSA) is 93.6 Å². The maximum absolute atomic E-state index is 12.7. The third-order valence-corrected chi connectivity index (χ3v) is 4.24. The van der Waals surface area contributed by atoms with E-state index in [1.807, 2.05) is 30.3 Å². The number of rotatable bonds is 4. The Morgan fingerprint density at radius 2 is 2.12 bits per heavy atom. The summed E-state index contributed by atoms with van der Waals surface area (Å²) in [6, 6.07) is 9.36. The molecule has 2 aromatic heterocycles. The van der Waals surface area contributed by atoms with Gasteiger partial charge in [-0.05, 0) is 12.1 Å². The smallest absolute Gasteiger partial charge is 0.276 e. The molecule has 2 atom stereocenters. The van der Waals surface area contributed by atoms with Crippen LogP contribution >= 0.6 is 0 Å². The summed E-state index contributed by atoms with van der Waals surface area (Å²) in [6.07, 6.45) is 3.33. The molecule has 1 saturated heterocycles. The monoisotopic (exact) mass is 354 g/mol. The number of aryl methyl sites for hydroxylation is 1. The first kappa shape index (κ1) is 16.3. The van der Waals surface area contributed by atoms with E-state index in [1.54, 1.807) is 24.1 Å². The highest BCUT2D eigenvalue weighted by molar-refractivity contribution is 5.92. The molecule has 134 valence electrons. The minimum Gasteiger partial charge on any atom is -0.482 e. The Morgan fingerprint density at radius 3 is 2.85 bits per heavy atom. The van der Waals surface area contributed by atoms with Crippen LogP contribution < -0.4 is 4.74 Å². The first-order valence-electron chi connectivity index (χ1n) is 8.24. The molecule has 0 bridgehead atoms. The number of nitrogens with zero attached hydrogens (tertiary/aromatic N) is 4. The first-order chi connectivity index (χ1) is 12.6. The van der Waals surface area contributed by atoms with Gasteiger partial charge in [-0.2, -0.15) is 5.10 Å². The van der Waals surface area contributed by atoms with Crippen molar-refractivity contribution in [3.63, 3.8) is 0 Å². The molecule has 3 heterocycles. The van der Waals surface area contributed by atoms with Gasteiger partial charge in [0.25, 0.3) is 5.91 Å². The van der Waals surface area contributed by atoms with E-state index in [4.69, 9.17) is 9.15 Å². The number of aliphatic hydroxyl groups is 1. The number of aliphatic hydroxyl groups excluding tert-OH is 1. The maximum Gasteiger partial charge on any atom is 0.276 e. The van der Waals surface area contributed by atoms with Crippen LogP contribution in [0.1, 0.15) is 10.5 Å². The summed E-state index contributed by atoms with van der Waals surface area (Å²) in [7, 11) is 1.78. The summed E-state index contributed by atoms with van der Waals surface area (Å²) in [5.41, 5.74) is 1.00. The molecule has 1 aliphatic rings. The van der Waals surface area contributed by atoms with Gasteiger partial charge in [-0.3, -0.25) is 9.48 Å². The zero-order valence-electron chi connectivity index (χ0n) is 14.1. The van der Waals surface area contributed by atoms with Crippen molar-refractivity contribution in [3.8, 4) is 17.2 Å². The molecule has 1 fully saturated rings. The van der Waals surface area contributed by atoms with Crippen LogP contribution in [-0.2, 0) is 7.05 Å². The lowest BCUT2D eigenvalue weighted by atomic mass is 10.2. The van der Waals surface area contributed by atoms with Crippen molar-refractivity contribution in [2.75, 3.05) is 13.1 Å². The van der Waals surface area contributed by atoms with Crippen LogP contribution in [0.15, 0.2) is 53.4 Å². The average Bonchev–Trinajstić information content (AvgIpc) is 3.37. The quantitative estimate of drug-likeness (QED) is 0.760. The number of carbonyl (C=O) groups excluding carboxylic acids is 1. The molecule has 3 aromatic rings. The Bertz CT molecular complexity index is 905. The molecule has 0 unspecified atom stereocenters. The standard InChI is InChI=1S/C18H18N4O4/c1-21-8-13(7-19-21)26-16-10-22(9-15(16)23)18(24)14-11-25-17(20-14)12-5-3-2-4-6-12/h2-8,11,15-16,23H,9-10H2,1H3/t15-,16-/m1/s1. The number of ether oxygens (including phenoxy) is 1. The van der Waals surface area contributed by atoms with E-state index in [-0.39, 0.29) is 24.7 Å². The van der Waals surface area contributed by atoms with Crippen LogP contribution in [0.4, 0.5) is 0 Å². The zero-order chi connectivity index (χ0) is 18.1. The SMILES string of the molecule is Cn1cc(O[C@@H]2CN(C(=O)c3coc(-c4ccccc4)n3)C[C@H]2O)cn1. The Labute approximate surface area is 149 Å². The molecule has 0 radical (unpaired) electrons. The summed E-state index contributed by atoms with van der Waals surface area (Å²) in [5.74, 6) is 0.641. The largest absolute Gasteiger partial charge is 0.482 e. The highest BCUT2D eigenvalue weighted by Gasteiger charge is 2.37. The van der Waals surface area contributed by atoms with E-state index in [0.29, 0.717) is 11.6 Å². The molecule has 4 rings (SSSR count). The van der Waals surface area contributed by atoms with E-state index in [1.165, 1.54) is 11.2 Å². The number of amides is 1. The molecule has 1 N–H and O–H groups in total. The zero-order valence-corrected chi connectivity index (χ0v) is 14.1. The third-order valence-electron chi connectivity index (χ3n) is 4.24. The van der Waals surface area contributed by atoms with Gasteiger partial charge in [0, 0.05) is 12.6 Å². The second-order valence-corrected chi connectivity index (χ2v) is 6.19. The predicted molar refractivity (Wildman–Crippen MR) is 91.5 cm³/mol. The Kier molecular flexibility index (Phi) is 4.18. The van der Waals surface area contributed by atoms with Gasteiger partial charge in [0.15, 0.2) is 11.4 Å². The number of likely N-dealkylation sites (tertiary alicyclic amines) is 1. The van der Waals surface area contributed by atoms with Gasteiger partial charge in [-0.25, -0.2) is 4.98 Å². The number of β-amino-alcohol motifs (C(OH)–C–C–N with tert-alkyl or cyclic N) is 1. The van der Waals surface area contributed by atoms with E-state index >= 15 is 0 Å². The van der Waals surface area contributed by atoms with Gasteiger partial charge < -0.3 is 19.2 Å². The fourth-order valence-electron chi connectivity index (χ4n) is 2.92. The van der Waals surface area contributed by atoms with Crippen molar-refractivity contribution in [2.45, 2.75) is 12.2 Å². The molecule has 26 heavy (non-hydrogen) atoms. The fraction of sp³-hybridized carbons (Fsp3) is 0.278. The Morgan fingerprint density at radius 1 is 1.31 bits per heavy atom. The van der Waals surface area contributed by atoms with Gasteiger partial charge in [-0.15, -0.1) is 0 Å². The van der Waals surface area contributed by atoms with E-state index in [0.717, 1.165) is 5.56 Å². The molecule has 1 aliphatic heterocycles. The van der Waals surface area contributed by atoms with E-state index < -0.39 is 12.2 Å². The summed E-state index contributed by atoms with van der Waals surface area (Å²) < 4.78 is 12.8. The molecular weight excluding hydrogens is 336 g/mol. The molecule has 8 nitrogen and oxygen atoms in total. The number of hydrogen-bond acceptors (Lipinski definition) is 6. The number of carbonyl (C=O) groups is 1. The van der Waals surface area contributed by atoms with Crippen LogP contribution in [0.5, 0.6) is 5.75 Å². The second-order valence-electron chi connectivity index (χ2n) is 6.19. The predicted octanol–water partition coefficient (Wildman–Crippen LogP) is 1.34. The lowest BCUT2D eigenvalue weighted by Crippen LogP contribution is -2.31. The van der Waals surface area contributed by atoms with Crippen molar-refractivity contribution in [1.29, 1.82) is 0 Å². The molecule has 0 spiro atoms. The number of oxazole rings is 1. The van der Waals surface area contributed by atoms with Crippen molar-refractivity contribution in [1.82, 2.24) is 19.7 Å². The normalized spacial score (nSPS) is 19.7. The van der Waals surface area contributed by atoms with Crippen LogP contribution in [0, 0.1) is 0 Å². The lowest BCUT2D eigenvalue weighted by Gasteiger charge is -2.15. The minimum atomic E-state index is -0.778. The summed E-state index contributed by atoms with van der Waals surface area (Å²) >= 11 is 0. The lowest BCUT2D eigenvalue weighted by molar-refractivity contribution is 0.0728. The minimum absolute atomic E-state index is 0.178. The number of hydrogen-bond donors (Lipinski definition) is 1. The number of aromatic nitrogens is 3. The highest BCUT2D eigenvalue weighted by Crippen LogP contribution is 2.22. The highest BCUT2D eigenvalue weighted by atomic mass is 16.5. The maximum atomic E-state index is 12.7. The molecule has 0 saturated carbocycles. The first-order valence-corrected chi connectivity index (χ1v) is 8.24. The summed E-state index contributed by atoms with van der Waals surface area (Å²) in [5, 5.41) is 14.2. The van der Waals surface area contributed by atoms with Crippen molar-refractivity contribution in [2.24, 2.45) is 7.05 Å². The van der Waals surface area contributed by atoms with Crippen LogP contribution in [0.3, 0.4) is 0 Å². The third kappa shape index (κ3) is 3.18. The molecule has 1 aromatic carbocycles. The number of benzene rings is 1. The summed E-state index contributed by atoms with van der Waals surface area (Å²) in [4.78, 5) is 18.4. The average molecular weight is 354 g/mol. The van der Waals surface area contributed by atoms with Crippen LogP contribution in [0.25, 0.3) is 11.5 Å². The summed E-state index contributed by atoms with van der Waals surface area (Å²) in [6.45, 7) is 0.444. The van der Waals surface area contributed by atoms with E-state index in [9.17, 15) is 9.90 Å².